The number of carbonyl (C=O) groups is 2. The van der Waals surface area contributed by atoms with Crippen LogP contribution in [0, 0.1) is 0 Å². The highest BCUT2D eigenvalue weighted by Gasteiger charge is 2.41. The van der Waals surface area contributed by atoms with Crippen LogP contribution in [-0.4, -0.2) is 53.8 Å². The van der Waals surface area contributed by atoms with Gasteiger partial charge in [0.2, 0.25) is 5.43 Å². The van der Waals surface area contributed by atoms with Gasteiger partial charge in [-0.15, -0.1) is 0 Å². The number of nitrogens with one attached hydrogen (secondary N) is 3. The summed E-state index contributed by atoms with van der Waals surface area (Å²) in [5.41, 5.74) is -0.717. The van der Waals surface area contributed by atoms with Crippen LogP contribution < -0.4 is 25.9 Å². The molecule has 30 heavy (non-hydrogen) atoms. The largest absolute Gasteiger partial charge is 0.405 e. The fourth-order valence-electron chi connectivity index (χ4n) is 3.63. The van der Waals surface area contributed by atoms with Crippen molar-refractivity contribution in [2.45, 2.75) is 18.6 Å². The number of urea groups is 1. The first-order valence-corrected chi connectivity index (χ1v) is 9.11. The lowest BCUT2D eigenvalue weighted by molar-refractivity contribution is -0.123. The highest BCUT2D eigenvalue weighted by molar-refractivity contribution is 6.04. The summed E-state index contributed by atoms with van der Waals surface area (Å²) in [4.78, 5) is 47.6. The SMILES string of the molecule is O=C(NCC(F)(F)F)c1cc(=O)c2c([nH]1)N(C(=O)Nc1ccccn1)[C@H]1CCN2C1. The third-order valence-electron chi connectivity index (χ3n) is 4.88. The lowest BCUT2D eigenvalue weighted by Gasteiger charge is -2.35. The predicted molar refractivity (Wildman–Crippen MR) is 102 cm³/mol. The lowest BCUT2D eigenvalue weighted by Crippen LogP contribution is -2.50. The van der Waals surface area contributed by atoms with Crippen molar-refractivity contribution in [3.63, 3.8) is 0 Å². The summed E-state index contributed by atoms with van der Waals surface area (Å²) in [5, 5.41) is 4.35. The molecule has 2 bridgehead atoms. The fraction of sp³-hybridized carbons (Fsp3) is 0.333. The molecule has 1 saturated heterocycles. The highest BCUT2D eigenvalue weighted by atomic mass is 19.4. The van der Waals surface area contributed by atoms with Gasteiger partial charge in [-0.05, 0) is 18.6 Å². The van der Waals surface area contributed by atoms with Gasteiger partial charge in [-0.3, -0.25) is 19.8 Å². The van der Waals surface area contributed by atoms with E-state index in [-0.39, 0.29) is 23.2 Å². The Bertz CT molecular complexity index is 1040. The van der Waals surface area contributed by atoms with Gasteiger partial charge in [0, 0.05) is 25.4 Å². The van der Waals surface area contributed by atoms with Crippen molar-refractivity contribution in [2.24, 2.45) is 0 Å². The zero-order valence-corrected chi connectivity index (χ0v) is 15.5. The number of rotatable bonds is 3. The van der Waals surface area contributed by atoms with E-state index in [2.05, 4.69) is 15.3 Å². The van der Waals surface area contributed by atoms with Crippen LogP contribution in [0.4, 0.5) is 35.3 Å². The Balaban J connectivity index is 1.68. The van der Waals surface area contributed by atoms with E-state index >= 15 is 0 Å². The molecule has 4 rings (SSSR count). The summed E-state index contributed by atoms with van der Waals surface area (Å²) >= 11 is 0. The molecule has 12 heteroatoms. The van der Waals surface area contributed by atoms with Crippen molar-refractivity contribution < 1.29 is 22.8 Å². The van der Waals surface area contributed by atoms with E-state index < -0.39 is 30.1 Å². The molecule has 2 aromatic heterocycles. The van der Waals surface area contributed by atoms with Crippen LogP contribution in [-0.2, 0) is 0 Å². The minimum absolute atomic E-state index is 0.0711. The van der Waals surface area contributed by atoms with Crippen LogP contribution in [0.15, 0.2) is 35.3 Å². The summed E-state index contributed by atoms with van der Waals surface area (Å²) in [5.74, 6) is -0.724. The maximum atomic E-state index is 13.0. The van der Waals surface area contributed by atoms with Crippen molar-refractivity contribution in [3.8, 4) is 0 Å². The Morgan fingerprint density at radius 1 is 1.30 bits per heavy atom. The van der Waals surface area contributed by atoms with Crippen molar-refractivity contribution in [1.29, 1.82) is 0 Å². The number of aromatic amines is 1. The maximum Gasteiger partial charge on any atom is 0.405 e. The molecule has 0 aliphatic carbocycles. The second-order valence-electron chi connectivity index (χ2n) is 6.95. The third kappa shape index (κ3) is 3.80. The lowest BCUT2D eigenvalue weighted by atomic mass is 10.1. The number of pyridine rings is 2. The average Bonchev–Trinajstić information content (AvgIpc) is 3.09. The average molecular weight is 422 g/mol. The number of nitrogens with zero attached hydrogens (tertiary/aromatic N) is 3. The van der Waals surface area contributed by atoms with Crippen LogP contribution in [0.5, 0.6) is 0 Å². The molecule has 2 aliphatic heterocycles. The number of carbonyl (C=O) groups excluding carboxylic acids is 2. The van der Waals surface area contributed by atoms with E-state index in [1.54, 1.807) is 28.4 Å². The van der Waals surface area contributed by atoms with Crippen LogP contribution >= 0.6 is 0 Å². The number of fused-ring (bicyclic) bond motifs is 4. The molecule has 0 radical (unpaired) electrons. The smallest absolute Gasteiger partial charge is 0.363 e. The summed E-state index contributed by atoms with van der Waals surface area (Å²) in [6, 6.07) is 5.07. The second kappa shape index (κ2) is 7.35. The molecule has 1 fully saturated rings. The molecule has 1 atom stereocenters. The number of hydrogen-bond donors (Lipinski definition) is 3. The maximum absolute atomic E-state index is 13.0. The molecule has 3 amide bonds. The molecule has 9 nitrogen and oxygen atoms in total. The zero-order valence-electron chi connectivity index (χ0n) is 15.5. The first-order chi connectivity index (χ1) is 14.2. The molecular formula is C18H17F3N6O3. The number of halogens is 3. The number of amides is 3. The van der Waals surface area contributed by atoms with Crippen molar-refractivity contribution in [1.82, 2.24) is 15.3 Å². The summed E-state index contributed by atoms with van der Waals surface area (Å²) in [6.07, 6.45) is -2.50. The van der Waals surface area contributed by atoms with Gasteiger partial charge in [-0.2, -0.15) is 13.2 Å². The van der Waals surface area contributed by atoms with Crippen LogP contribution in [0.2, 0.25) is 0 Å². The Morgan fingerprint density at radius 2 is 2.10 bits per heavy atom. The van der Waals surface area contributed by atoms with E-state index in [0.29, 0.717) is 25.3 Å². The molecule has 0 unspecified atom stereocenters. The summed E-state index contributed by atoms with van der Waals surface area (Å²) in [6.45, 7) is -0.567. The third-order valence-corrected chi connectivity index (χ3v) is 4.88. The Labute approximate surface area is 167 Å². The van der Waals surface area contributed by atoms with Gasteiger partial charge in [0.25, 0.3) is 5.91 Å². The predicted octanol–water partition coefficient (Wildman–Crippen LogP) is 1.69. The van der Waals surface area contributed by atoms with Gasteiger partial charge >= 0.3 is 12.2 Å². The topological polar surface area (TPSA) is 110 Å². The molecule has 3 N–H and O–H groups in total. The number of H-pyrrole nitrogens is 1. The normalized spacial score (nSPS) is 17.5. The Kier molecular flexibility index (Phi) is 4.84. The van der Waals surface area contributed by atoms with Gasteiger partial charge < -0.3 is 15.2 Å². The van der Waals surface area contributed by atoms with Gasteiger partial charge in [-0.25, -0.2) is 9.78 Å². The zero-order chi connectivity index (χ0) is 21.5. The van der Waals surface area contributed by atoms with Gasteiger partial charge in [-0.1, -0.05) is 6.07 Å². The van der Waals surface area contributed by atoms with Crippen molar-refractivity contribution >= 4 is 29.3 Å². The number of alkyl halides is 3. The van der Waals surface area contributed by atoms with E-state index in [4.69, 9.17) is 0 Å². The highest BCUT2D eigenvalue weighted by Crippen LogP contribution is 2.36. The van der Waals surface area contributed by atoms with E-state index in [1.165, 1.54) is 11.1 Å². The van der Waals surface area contributed by atoms with Crippen LogP contribution in [0.25, 0.3) is 0 Å². The monoisotopic (exact) mass is 422 g/mol. The number of anilines is 3. The molecule has 0 saturated carbocycles. The van der Waals surface area contributed by atoms with E-state index in [1.807, 2.05) is 0 Å². The Morgan fingerprint density at radius 3 is 2.80 bits per heavy atom. The van der Waals surface area contributed by atoms with Gasteiger partial charge in [0.05, 0.1) is 6.04 Å². The summed E-state index contributed by atoms with van der Waals surface area (Å²) < 4.78 is 37.2. The van der Waals surface area contributed by atoms with Crippen molar-refractivity contribution in [3.05, 3.63) is 46.4 Å². The molecule has 0 spiro atoms. The van der Waals surface area contributed by atoms with Gasteiger partial charge in [0.1, 0.15) is 29.6 Å². The standard InChI is InChI=1S/C18H17F3N6O3/c19-18(20,21)9-23-16(29)11-7-12(28)14-15(24-11)27(10-4-6-26(14)8-10)17(30)25-13-3-1-2-5-22-13/h1-3,5,7,10H,4,6,8-9H2,(H,23,29)(H,24,28)(H,22,25,30)/t10-/m0/s1. The molecule has 2 aliphatic rings. The molecule has 2 aromatic rings. The van der Waals surface area contributed by atoms with Crippen LogP contribution in [0.1, 0.15) is 16.9 Å². The van der Waals surface area contributed by atoms with Crippen molar-refractivity contribution in [2.75, 3.05) is 34.8 Å². The minimum Gasteiger partial charge on any atom is -0.363 e. The molecule has 4 heterocycles. The minimum atomic E-state index is -4.59. The second-order valence-corrected chi connectivity index (χ2v) is 6.95. The Hall–Kier alpha value is -3.57. The first-order valence-electron chi connectivity index (χ1n) is 9.11. The van der Waals surface area contributed by atoms with Crippen LogP contribution in [0.3, 0.4) is 0 Å². The molecule has 0 aromatic carbocycles. The number of hydrogen-bond acceptors (Lipinski definition) is 5. The quantitative estimate of drug-likeness (QED) is 0.697. The molecule has 158 valence electrons. The van der Waals surface area contributed by atoms with E-state index in [9.17, 15) is 27.6 Å². The molecular weight excluding hydrogens is 405 g/mol. The fourth-order valence-corrected chi connectivity index (χ4v) is 3.63. The first kappa shape index (κ1) is 19.7. The van der Waals surface area contributed by atoms with E-state index in [0.717, 1.165) is 6.07 Å². The summed E-state index contributed by atoms with van der Waals surface area (Å²) in [7, 11) is 0. The van der Waals surface area contributed by atoms with Gasteiger partial charge in [0.15, 0.2) is 0 Å². The number of aromatic nitrogens is 2.